The number of nitriles is 1. The molecular formula is C23H30N4O5SSi. The summed E-state index contributed by atoms with van der Waals surface area (Å²) in [6.45, 7) is 11.3. The van der Waals surface area contributed by atoms with E-state index in [4.69, 9.17) is 14.4 Å². The van der Waals surface area contributed by atoms with Crippen LogP contribution in [0.25, 0.3) is 0 Å². The molecule has 34 heavy (non-hydrogen) atoms. The topological polar surface area (TPSA) is 119 Å². The van der Waals surface area contributed by atoms with Crippen LogP contribution in [0, 0.1) is 21.4 Å². The predicted octanol–water partition coefficient (Wildman–Crippen LogP) is 5.59. The van der Waals surface area contributed by atoms with Crippen LogP contribution >= 0.6 is 11.3 Å². The SMILES string of the molecule is CC(C)(C)[Si](C)(C)O[C@@H]1C[C@@H](c2nc(CC#N)cs2)N(C(=O)OCc2ccc([N+](=O)[O-])cc2)C1. The lowest BCUT2D eigenvalue weighted by molar-refractivity contribution is -0.384. The highest BCUT2D eigenvalue weighted by molar-refractivity contribution is 7.09. The largest absolute Gasteiger partial charge is 0.445 e. The van der Waals surface area contributed by atoms with Crippen molar-refractivity contribution >= 4 is 31.4 Å². The third-order valence-electron chi connectivity index (χ3n) is 6.39. The Balaban J connectivity index is 1.75. The van der Waals surface area contributed by atoms with Crippen molar-refractivity contribution in [3.8, 4) is 6.07 Å². The molecule has 0 saturated carbocycles. The summed E-state index contributed by atoms with van der Waals surface area (Å²) >= 11 is 1.43. The molecule has 1 aromatic heterocycles. The van der Waals surface area contributed by atoms with Gasteiger partial charge in [0, 0.05) is 30.5 Å². The summed E-state index contributed by atoms with van der Waals surface area (Å²) in [5, 5.41) is 22.5. The average Bonchev–Trinajstić information content (AvgIpc) is 3.38. The summed E-state index contributed by atoms with van der Waals surface area (Å²) in [6, 6.07) is 7.73. The molecule has 0 unspecified atom stereocenters. The van der Waals surface area contributed by atoms with Gasteiger partial charge in [-0.25, -0.2) is 9.78 Å². The zero-order chi connectivity index (χ0) is 25.1. The minimum absolute atomic E-state index is 0.00531. The maximum atomic E-state index is 13.1. The molecule has 0 radical (unpaired) electrons. The van der Waals surface area contributed by atoms with Crippen molar-refractivity contribution in [2.45, 2.75) is 70.5 Å². The molecule has 0 aliphatic carbocycles. The van der Waals surface area contributed by atoms with Gasteiger partial charge in [-0.15, -0.1) is 11.3 Å². The van der Waals surface area contributed by atoms with Gasteiger partial charge in [-0.1, -0.05) is 20.8 Å². The Morgan fingerprint density at radius 2 is 2.03 bits per heavy atom. The van der Waals surface area contributed by atoms with Crippen molar-refractivity contribution in [3.05, 3.63) is 56.0 Å². The zero-order valence-corrected chi connectivity index (χ0v) is 21.9. The first-order valence-corrected chi connectivity index (χ1v) is 14.9. The van der Waals surface area contributed by atoms with Crippen LogP contribution in [0.5, 0.6) is 0 Å². The van der Waals surface area contributed by atoms with Gasteiger partial charge in [0.15, 0.2) is 8.32 Å². The highest BCUT2D eigenvalue weighted by Gasteiger charge is 2.45. The summed E-state index contributed by atoms with van der Waals surface area (Å²) in [5.41, 5.74) is 1.34. The van der Waals surface area contributed by atoms with E-state index < -0.39 is 19.3 Å². The number of carbonyl (C=O) groups excluding carboxylic acids is 1. The zero-order valence-electron chi connectivity index (χ0n) is 20.1. The number of hydrogen-bond acceptors (Lipinski definition) is 8. The van der Waals surface area contributed by atoms with Gasteiger partial charge >= 0.3 is 6.09 Å². The van der Waals surface area contributed by atoms with Gasteiger partial charge in [-0.2, -0.15) is 5.26 Å². The molecule has 1 saturated heterocycles. The van der Waals surface area contributed by atoms with Crippen molar-refractivity contribution in [3.63, 3.8) is 0 Å². The molecule has 182 valence electrons. The Kier molecular flexibility index (Phi) is 7.75. The number of nitro benzene ring substituents is 1. The minimum atomic E-state index is -2.05. The number of benzene rings is 1. The minimum Gasteiger partial charge on any atom is -0.445 e. The number of likely N-dealkylation sites (tertiary alicyclic amines) is 1. The van der Waals surface area contributed by atoms with Crippen LogP contribution in [-0.4, -0.2) is 41.9 Å². The van der Waals surface area contributed by atoms with E-state index in [0.29, 0.717) is 24.2 Å². The Bertz CT molecular complexity index is 1070. The van der Waals surface area contributed by atoms with E-state index in [1.165, 1.54) is 23.5 Å². The molecule has 0 spiro atoms. The van der Waals surface area contributed by atoms with Gasteiger partial charge in [0.25, 0.3) is 5.69 Å². The number of rotatable bonds is 7. The Morgan fingerprint density at radius 3 is 2.62 bits per heavy atom. The second kappa shape index (κ2) is 10.2. The van der Waals surface area contributed by atoms with Crippen LogP contribution in [0.1, 0.15) is 49.5 Å². The fraction of sp³-hybridized carbons (Fsp3) is 0.522. The third-order valence-corrected chi connectivity index (χ3v) is 11.9. The van der Waals surface area contributed by atoms with E-state index >= 15 is 0 Å². The molecular weight excluding hydrogens is 472 g/mol. The number of nitro groups is 1. The molecule has 2 aromatic rings. The molecule has 0 bridgehead atoms. The lowest BCUT2D eigenvalue weighted by Crippen LogP contribution is -2.44. The second-order valence-corrected chi connectivity index (χ2v) is 15.5. The Morgan fingerprint density at radius 1 is 1.35 bits per heavy atom. The maximum absolute atomic E-state index is 13.1. The highest BCUT2D eigenvalue weighted by atomic mass is 32.1. The quantitative estimate of drug-likeness (QED) is 0.275. The van der Waals surface area contributed by atoms with Crippen molar-refractivity contribution in [1.29, 1.82) is 5.26 Å². The molecule has 1 fully saturated rings. The van der Waals surface area contributed by atoms with Crippen LogP contribution in [0.2, 0.25) is 18.1 Å². The molecule has 11 heteroatoms. The van der Waals surface area contributed by atoms with Gasteiger partial charge in [0.2, 0.25) is 0 Å². The average molecular weight is 503 g/mol. The molecule has 3 rings (SSSR count). The van der Waals surface area contributed by atoms with Crippen molar-refractivity contribution < 1.29 is 18.9 Å². The summed E-state index contributed by atoms with van der Waals surface area (Å²) in [5.74, 6) is 0. The van der Waals surface area contributed by atoms with Gasteiger partial charge in [-0.3, -0.25) is 15.0 Å². The first kappa shape index (κ1) is 25.8. The predicted molar refractivity (Wildman–Crippen MR) is 131 cm³/mol. The summed E-state index contributed by atoms with van der Waals surface area (Å²) < 4.78 is 12.2. The van der Waals surface area contributed by atoms with Gasteiger partial charge in [0.1, 0.15) is 11.6 Å². The van der Waals surface area contributed by atoms with Crippen LogP contribution in [-0.2, 0) is 22.2 Å². The number of hydrogen-bond donors (Lipinski definition) is 0. The van der Waals surface area contributed by atoms with E-state index in [0.717, 1.165) is 5.01 Å². The van der Waals surface area contributed by atoms with E-state index in [-0.39, 0.29) is 35.9 Å². The molecule has 1 aliphatic heterocycles. The van der Waals surface area contributed by atoms with Crippen LogP contribution in [0.15, 0.2) is 29.6 Å². The molecule has 1 amide bonds. The van der Waals surface area contributed by atoms with E-state index in [1.807, 2.05) is 5.38 Å². The van der Waals surface area contributed by atoms with Gasteiger partial charge < -0.3 is 9.16 Å². The summed E-state index contributed by atoms with van der Waals surface area (Å²) in [6.07, 6.45) is 0.207. The van der Waals surface area contributed by atoms with Crippen molar-refractivity contribution in [2.24, 2.45) is 0 Å². The molecule has 0 N–H and O–H groups in total. The normalized spacial score (nSPS) is 18.5. The molecule has 2 atom stereocenters. The van der Waals surface area contributed by atoms with Gasteiger partial charge in [0.05, 0.1) is 35.3 Å². The van der Waals surface area contributed by atoms with Crippen molar-refractivity contribution in [1.82, 2.24) is 9.88 Å². The maximum Gasteiger partial charge on any atom is 0.410 e. The summed E-state index contributed by atoms with van der Waals surface area (Å²) in [7, 11) is -2.05. The lowest BCUT2D eigenvalue weighted by atomic mass is 10.2. The highest BCUT2D eigenvalue weighted by Crippen LogP contribution is 2.42. The first-order chi connectivity index (χ1) is 15.9. The Labute approximate surface area is 204 Å². The number of aromatic nitrogens is 1. The summed E-state index contributed by atoms with van der Waals surface area (Å²) in [4.78, 5) is 29.7. The molecule has 2 heterocycles. The van der Waals surface area contributed by atoms with E-state index in [9.17, 15) is 14.9 Å². The molecule has 1 aromatic carbocycles. The second-order valence-electron chi connectivity index (χ2n) is 9.89. The number of thiazole rings is 1. The number of ether oxygens (including phenoxy) is 1. The first-order valence-electron chi connectivity index (χ1n) is 11.1. The van der Waals surface area contributed by atoms with Gasteiger partial charge in [-0.05, 0) is 35.8 Å². The van der Waals surface area contributed by atoms with Crippen LogP contribution in [0.3, 0.4) is 0 Å². The van der Waals surface area contributed by atoms with E-state index in [2.05, 4.69) is 44.9 Å². The Hall–Kier alpha value is -2.81. The smallest absolute Gasteiger partial charge is 0.410 e. The van der Waals surface area contributed by atoms with Crippen LogP contribution < -0.4 is 0 Å². The number of amides is 1. The molecule has 1 aliphatic rings. The molecule has 9 nitrogen and oxygen atoms in total. The van der Waals surface area contributed by atoms with Crippen LogP contribution in [0.4, 0.5) is 10.5 Å². The number of carbonyl (C=O) groups is 1. The monoisotopic (exact) mass is 502 g/mol. The van der Waals surface area contributed by atoms with Crippen molar-refractivity contribution in [2.75, 3.05) is 6.54 Å². The van der Waals surface area contributed by atoms with E-state index in [1.54, 1.807) is 17.0 Å². The number of nitrogens with zero attached hydrogens (tertiary/aromatic N) is 4. The third kappa shape index (κ3) is 6.00. The lowest BCUT2D eigenvalue weighted by Gasteiger charge is -2.38. The fourth-order valence-corrected chi connectivity index (χ4v) is 5.79. The number of non-ortho nitro benzene ring substituents is 1. The standard InChI is InChI=1S/C23H30N4O5SSi/c1-23(2,3)34(4,5)32-19-12-20(21-25-17(10-11-24)15-33-21)26(13-19)22(28)31-14-16-6-8-18(9-7-16)27(29)30/h6-9,15,19-20H,10,12-14H2,1-5H3/t19-,20+/m1/s1. The fourth-order valence-electron chi connectivity index (χ4n) is 3.49.